The van der Waals surface area contributed by atoms with Crippen molar-refractivity contribution < 1.29 is 18.5 Å². The van der Waals surface area contributed by atoms with Gasteiger partial charge >= 0.3 is 0 Å². The van der Waals surface area contributed by atoms with Gasteiger partial charge in [-0.3, -0.25) is 9.36 Å². The van der Waals surface area contributed by atoms with E-state index in [0.717, 1.165) is 21.9 Å². The predicted octanol–water partition coefficient (Wildman–Crippen LogP) is 4.04. The van der Waals surface area contributed by atoms with Crippen LogP contribution in [0.3, 0.4) is 0 Å². The zero-order chi connectivity index (χ0) is 37.6. The molecule has 9 rings (SSSR count). The third kappa shape index (κ3) is 6.44. The predicted molar refractivity (Wildman–Crippen MR) is 189 cm³/mol. The van der Waals surface area contributed by atoms with Crippen molar-refractivity contribution in [1.82, 2.24) is 79.7 Å². The molecule has 0 amide bonds. The van der Waals surface area contributed by atoms with Crippen molar-refractivity contribution in [1.29, 1.82) is 0 Å². The van der Waals surface area contributed by atoms with Gasteiger partial charge in [-0.05, 0) is 25.3 Å². The van der Waals surface area contributed by atoms with Gasteiger partial charge in [-0.15, -0.1) is 30.6 Å². The molecule has 0 aliphatic carbocycles. The third-order valence-electron chi connectivity index (χ3n) is 8.27. The number of nitrogens with zero attached hydrogens (tertiary/aromatic N) is 16. The molecule has 8 aromatic heterocycles. The second kappa shape index (κ2) is 13.5. The topological polar surface area (TPSA) is 218 Å². The highest BCUT2D eigenvalue weighted by atomic mass is 16.5. The number of hydrogen-bond donors (Lipinski definition) is 0. The molecule has 0 unspecified atom stereocenters. The van der Waals surface area contributed by atoms with Crippen LogP contribution in [-0.2, 0) is 32.7 Å². The molecule has 0 N–H and O–H groups in total. The third-order valence-corrected chi connectivity index (χ3v) is 8.27. The van der Waals surface area contributed by atoms with Crippen molar-refractivity contribution in [2.75, 3.05) is 0 Å². The molecular weight excluding hydrogens is 696 g/mol. The smallest absolute Gasteiger partial charge is 0.240 e. The standard InChI is InChI=1S/C17H14N8O2.C17H20N8O2/c1-10-7-14(22-27-10)16-20-19-15-12-5-3-4-6-13(12)17(21-25(15)16)26-9-11-8-24(2)23-18-11;1-10-6-11(23-27-10)15-21-19-7-12-14(17(2,3)4)16(22-25(12)15)26-8-13-18-9-20-24(13)5/h3-8H,9H2,1-2H3;6-7,9H,8H2,1-5H3. The van der Waals surface area contributed by atoms with Crippen molar-refractivity contribution >= 4 is 21.9 Å². The summed E-state index contributed by atoms with van der Waals surface area (Å²) in [6.07, 6.45) is 4.97. The highest BCUT2D eigenvalue weighted by Gasteiger charge is 2.28. The van der Waals surface area contributed by atoms with Crippen molar-refractivity contribution in [3.63, 3.8) is 0 Å². The van der Waals surface area contributed by atoms with Crippen molar-refractivity contribution in [2.24, 2.45) is 14.1 Å². The van der Waals surface area contributed by atoms with E-state index in [4.69, 9.17) is 18.5 Å². The Morgan fingerprint density at radius 2 is 1.46 bits per heavy atom. The van der Waals surface area contributed by atoms with Gasteiger partial charge in [0.15, 0.2) is 22.9 Å². The van der Waals surface area contributed by atoms with E-state index in [0.29, 0.717) is 63.5 Å². The molecule has 54 heavy (non-hydrogen) atoms. The Morgan fingerprint density at radius 1 is 0.778 bits per heavy atom. The first-order valence-corrected chi connectivity index (χ1v) is 16.7. The van der Waals surface area contributed by atoms with Gasteiger partial charge in [0, 0.05) is 42.6 Å². The van der Waals surface area contributed by atoms with Crippen LogP contribution in [0.15, 0.2) is 64.2 Å². The first kappa shape index (κ1) is 34.0. The van der Waals surface area contributed by atoms with Gasteiger partial charge in [0.2, 0.25) is 23.4 Å². The molecule has 0 saturated carbocycles. The first-order valence-electron chi connectivity index (χ1n) is 16.7. The molecule has 0 bridgehead atoms. The van der Waals surface area contributed by atoms with Gasteiger partial charge in [0.1, 0.15) is 36.8 Å². The lowest BCUT2D eigenvalue weighted by atomic mass is 9.88. The average Bonchev–Trinajstić information content (AvgIpc) is 4.00. The minimum atomic E-state index is -0.225. The largest absolute Gasteiger partial charge is 0.470 e. The average molecular weight is 731 g/mol. The van der Waals surface area contributed by atoms with Crippen LogP contribution in [0.25, 0.3) is 45.0 Å². The summed E-state index contributed by atoms with van der Waals surface area (Å²) in [6, 6.07) is 11.3. The van der Waals surface area contributed by atoms with Crippen LogP contribution in [0.2, 0.25) is 0 Å². The molecule has 274 valence electrons. The molecule has 20 nitrogen and oxygen atoms in total. The van der Waals surface area contributed by atoms with Crippen molar-refractivity contribution in [3.8, 4) is 34.8 Å². The van der Waals surface area contributed by atoms with E-state index in [9.17, 15) is 0 Å². The second-order valence-electron chi connectivity index (χ2n) is 13.4. The Kier molecular flexibility index (Phi) is 8.47. The summed E-state index contributed by atoms with van der Waals surface area (Å²) >= 11 is 0. The number of aryl methyl sites for hydroxylation is 4. The molecule has 20 heteroatoms. The van der Waals surface area contributed by atoms with Crippen LogP contribution in [0.4, 0.5) is 0 Å². The van der Waals surface area contributed by atoms with E-state index in [1.54, 1.807) is 50.0 Å². The van der Waals surface area contributed by atoms with Gasteiger partial charge in [0.05, 0.1) is 17.9 Å². The molecule has 0 saturated heterocycles. The fourth-order valence-electron chi connectivity index (χ4n) is 5.79. The van der Waals surface area contributed by atoms with Gasteiger partial charge in [0.25, 0.3) is 0 Å². The first-order chi connectivity index (χ1) is 26.0. The summed E-state index contributed by atoms with van der Waals surface area (Å²) in [5.74, 6) is 4.00. The van der Waals surface area contributed by atoms with Crippen LogP contribution in [0.1, 0.15) is 49.4 Å². The minimum absolute atomic E-state index is 0.225. The maximum atomic E-state index is 6.02. The van der Waals surface area contributed by atoms with E-state index in [-0.39, 0.29) is 18.6 Å². The quantitative estimate of drug-likeness (QED) is 0.215. The summed E-state index contributed by atoms with van der Waals surface area (Å²) in [5, 5.41) is 47.9. The van der Waals surface area contributed by atoms with E-state index in [1.165, 1.54) is 6.33 Å². The van der Waals surface area contributed by atoms with Crippen LogP contribution in [-0.4, -0.2) is 79.7 Å². The lowest BCUT2D eigenvalue weighted by molar-refractivity contribution is 0.270. The summed E-state index contributed by atoms with van der Waals surface area (Å²) in [7, 11) is 3.62. The van der Waals surface area contributed by atoms with E-state index < -0.39 is 0 Å². The Balaban J connectivity index is 0.000000153. The van der Waals surface area contributed by atoms with Gasteiger partial charge < -0.3 is 18.5 Å². The minimum Gasteiger partial charge on any atom is -0.470 e. The van der Waals surface area contributed by atoms with Crippen molar-refractivity contribution in [2.45, 2.75) is 53.2 Å². The highest BCUT2D eigenvalue weighted by molar-refractivity contribution is 5.97. The summed E-state index contributed by atoms with van der Waals surface area (Å²) in [6.45, 7) is 10.4. The fraction of sp³-hybridized carbons (Fsp3) is 0.294. The van der Waals surface area contributed by atoms with Crippen LogP contribution in [0, 0.1) is 13.8 Å². The van der Waals surface area contributed by atoms with Crippen LogP contribution in [0.5, 0.6) is 11.8 Å². The fourth-order valence-corrected chi connectivity index (χ4v) is 5.79. The van der Waals surface area contributed by atoms with E-state index in [2.05, 4.69) is 82.1 Å². The molecule has 9 aromatic rings. The summed E-state index contributed by atoms with van der Waals surface area (Å²) in [5.41, 5.74) is 3.96. The molecular formula is C34H34N16O4. The molecule has 0 spiro atoms. The molecule has 0 radical (unpaired) electrons. The maximum Gasteiger partial charge on any atom is 0.240 e. The number of ether oxygens (including phenoxy) is 2. The number of hydrogen-bond acceptors (Lipinski definition) is 16. The van der Waals surface area contributed by atoms with Gasteiger partial charge in [-0.2, -0.15) is 14.7 Å². The maximum absolute atomic E-state index is 6.02. The Morgan fingerprint density at radius 3 is 2.09 bits per heavy atom. The molecule has 0 atom stereocenters. The summed E-state index contributed by atoms with van der Waals surface area (Å²) in [4.78, 5) is 4.19. The van der Waals surface area contributed by atoms with Crippen LogP contribution < -0.4 is 9.47 Å². The number of rotatable bonds is 8. The molecule has 0 aliphatic heterocycles. The Labute approximate surface area is 305 Å². The Hall–Kier alpha value is -7.12. The highest BCUT2D eigenvalue weighted by Crippen LogP contribution is 2.36. The number of aromatic nitrogens is 16. The molecule has 0 aliphatic rings. The molecule has 1 aromatic carbocycles. The SMILES string of the molecule is Cc1cc(-c2nnc3c4ccccc4c(OCc4cn(C)nn4)nn23)no1.Cc1cc(-c2nncc3c(C(C)(C)C)c(OCc4ncnn4C)nn23)no1. The number of fused-ring (bicyclic) bond motifs is 4. The van der Waals surface area contributed by atoms with Crippen LogP contribution >= 0.6 is 0 Å². The zero-order valence-electron chi connectivity index (χ0n) is 30.4. The number of benzene rings is 1. The Bertz CT molecular complexity index is 2740. The normalized spacial score (nSPS) is 11.8. The monoisotopic (exact) mass is 730 g/mol. The lowest BCUT2D eigenvalue weighted by Gasteiger charge is -2.18. The van der Waals surface area contributed by atoms with Gasteiger partial charge in [-0.1, -0.05) is 54.5 Å². The lowest BCUT2D eigenvalue weighted by Crippen LogP contribution is -2.13. The zero-order valence-corrected chi connectivity index (χ0v) is 30.4. The molecule has 8 heterocycles. The van der Waals surface area contributed by atoms with Crippen molar-refractivity contribution in [3.05, 3.63) is 83.7 Å². The van der Waals surface area contributed by atoms with E-state index in [1.807, 2.05) is 45.2 Å². The van der Waals surface area contributed by atoms with Gasteiger partial charge in [-0.25, -0.2) is 9.50 Å². The second-order valence-corrected chi connectivity index (χ2v) is 13.4. The molecule has 0 fully saturated rings. The van der Waals surface area contributed by atoms with E-state index >= 15 is 0 Å². The summed E-state index contributed by atoms with van der Waals surface area (Å²) < 4.78 is 28.9.